The van der Waals surface area contributed by atoms with Gasteiger partial charge in [-0.15, -0.1) is 0 Å². The Morgan fingerprint density at radius 2 is 1.11 bits per heavy atom. The van der Waals surface area contributed by atoms with E-state index < -0.39 is 26.7 Å². The van der Waals surface area contributed by atoms with Gasteiger partial charge in [-0.05, 0) is 0 Å². The maximum absolute atomic E-state index is 4.49. The van der Waals surface area contributed by atoms with Crippen LogP contribution in [0.1, 0.15) is 95.2 Å². The molecule has 0 fully saturated rings. The van der Waals surface area contributed by atoms with Crippen LogP contribution in [0.25, 0.3) is 0 Å². The summed E-state index contributed by atoms with van der Waals surface area (Å²) in [7, 11) is 0. The van der Waals surface area contributed by atoms with Crippen molar-refractivity contribution in [2.24, 2.45) is 0 Å². The molecule has 3 aromatic carbocycles. The first-order valence-electron chi connectivity index (χ1n) is 14.7. The molecule has 1 heterocycles. The van der Waals surface area contributed by atoms with Gasteiger partial charge < -0.3 is 0 Å². The van der Waals surface area contributed by atoms with Gasteiger partial charge in [0.15, 0.2) is 0 Å². The average Bonchev–Trinajstić information content (AvgIpc) is 3.51. The van der Waals surface area contributed by atoms with Crippen LogP contribution in [0.15, 0.2) is 104 Å². The van der Waals surface area contributed by atoms with E-state index >= 15 is 0 Å². The summed E-state index contributed by atoms with van der Waals surface area (Å²) in [5.41, 5.74) is 3.32. The van der Waals surface area contributed by atoms with Crippen molar-refractivity contribution in [3.05, 3.63) is 120 Å². The van der Waals surface area contributed by atoms with E-state index in [0.717, 1.165) is 0 Å². The van der Waals surface area contributed by atoms with Crippen molar-refractivity contribution >= 4 is 24.7 Å². The Hall–Kier alpha value is -2.33. The molecule has 0 atom stereocenters. The number of nitrogens with zero attached hydrogens (tertiary/aromatic N) is 2. The zero-order valence-corrected chi connectivity index (χ0v) is 26.4. The SMILES string of the molecule is CCCC[C](CCCC)(CCCC)[Sn][c]1ccc(C(c2ccccc2)(c2ccccc2)n2ccnc2)cc1. The number of aromatic nitrogens is 2. The summed E-state index contributed by atoms with van der Waals surface area (Å²) >= 11 is -0.781. The van der Waals surface area contributed by atoms with Crippen molar-refractivity contribution in [2.45, 2.75) is 87.5 Å². The predicted octanol–water partition coefficient (Wildman–Crippen LogP) is 8.78. The van der Waals surface area contributed by atoms with Crippen molar-refractivity contribution in [1.82, 2.24) is 9.55 Å². The van der Waals surface area contributed by atoms with E-state index in [0.29, 0.717) is 3.43 Å². The molecule has 1 aromatic heterocycles. The molecule has 198 valence electrons. The van der Waals surface area contributed by atoms with Crippen LogP contribution in [-0.2, 0) is 5.54 Å². The number of rotatable bonds is 15. The monoisotopic (exact) mass is 612 g/mol. The van der Waals surface area contributed by atoms with Crippen LogP contribution < -0.4 is 3.58 Å². The van der Waals surface area contributed by atoms with Crippen molar-refractivity contribution < 1.29 is 0 Å². The number of benzene rings is 3. The number of hydrogen-bond acceptors (Lipinski definition) is 1. The van der Waals surface area contributed by atoms with E-state index in [4.69, 9.17) is 0 Å². The molecule has 0 amide bonds. The second-order valence-corrected chi connectivity index (χ2v) is 16.1. The van der Waals surface area contributed by atoms with Crippen LogP contribution in [0.3, 0.4) is 0 Å². The Balaban J connectivity index is 1.78. The fraction of sp³-hybridized carbons (Fsp3) is 0.400. The second kappa shape index (κ2) is 14.2. The molecule has 0 aliphatic heterocycles. The van der Waals surface area contributed by atoms with Crippen molar-refractivity contribution in [2.75, 3.05) is 0 Å². The van der Waals surface area contributed by atoms with E-state index in [2.05, 4.69) is 121 Å². The second-order valence-electron chi connectivity index (χ2n) is 10.7. The van der Waals surface area contributed by atoms with Crippen LogP contribution in [-0.4, -0.2) is 30.7 Å². The molecule has 4 aromatic rings. The van der Waals surface area contributed by atoms with Crippen LogP contribution in [0.5, 0.6) is 0 Å². The van der Waals surface area contributed by atoms with Gasteiger partial charge in [-0.3, -0.25) is 0 Å². The molecule has 0 spiro atoms. The van der Waals surface area contributed by atoms with Crippen LogP contribution in [0, 0.1) is 0 Å². The summed E-state index contributed by atoms with van der Waals surface area (Å²) in [5.74, 6) is 0. The Kier molecular flexibility index (Phi) is 10.7. The van der Waals surface area contributed by atoms with Gasteiger partial charge in [0, 0.05) is 0 Å². The molecule has 0 saturated carbocycles. The molecule has 0 aliphatic rings. The van der Waals surface area contributed by atoms with Crippen LogP contribution in [0.4, 0.5) is 0 Å². The van der Waals surface area contributed by atoms with Gasteiger partial charge in [0.05, 0.1) is 0 Å². The van der Waals surface area contributed by atoms with Gasteiger partial charge in [0.1, 0.15) is 0 Å². The quantitative estimate of drug-likeness (QED) is 0.0971. The van der Waals surface area contributed by atoms with Crippen molar-refractivity contribution in [3.8, 4) is 0 Å². The van der Waals surface area contributed by atoms with Gasteiger partial charge in [-0.2, -0.15) is 0 Å². The van der Waals surface area contributed by atoms with E-state index in [-0.39, 0.29) is 0 Å². The summed E-state index contributed by atoms with van der Waals surface area (Å²) in [4.78, 5) is 4.49. The molecule has 0 unspecified atom stereocenters. The molecular formula is C35H44N2Sn. The van der Waals surface area contributed by atoms with E-state index in [9.17, 15) is 0 Å². The number of imidazole rings is 1. The molecule has 0 bridgehead atoms. The Bertz CT molecular complexity index is 1120. The van der Waals surface area contributed by atoms with Gasteiger partial charge in [0.2, 0.25) is 0 Å². The summed E-state index contributed by atoms with van der Waals surface area (Å²) in [5, 5.41) is 0. The first-order valence-corrected chi connectivity index (χ1v) is 17.5. The van der Waals surface area contributed by atoms with Gasteiger partial charge in [0.25, 0.3) is 0 Å². The first-order chi connectivity index (χ1) is 18.7. The molecule has 2 radical (unpaired) electrons. The zero-order chi connectivity index (χ0) is 26.7. The summed E-state index contributed by atoms with van der Waals surface area (Å²) in [6, 6.07) is 31.6. The van der Waals surface area contributed by atoms with Gasteiger partial charge in [-0.1, -0.05) is 0 Å². The molecule has 0 aliphatic carbocycles. The molecular weight excluding hydrogens is 567 g/mol. The van der Waals surface area contributed by atoms with Crippen molar-refractivity contribution in [3.63, 3.8) is 0 Å². The van der Waals surface area contributed by atoms with Crippen molar-refractivity contribution in [1.29, 1.82) is 0 Å². The van der Waals surface area contributed by atoms with E-state index in [1.165, 1.54) is 74.5 Å². The minimum atomic E-state index is -0.781. The third-order valence-electron chi connectivity index (χ3n) is 8.01. The molecule has 38 heavy (non-hydrogen) atoms. The summed E-state index contributed by atoms with van der Waals surface area (Å²) in [6.07, 6.45) is 18.3. The third kappa shape index (κ3) is 6.44. The molecule has 3 heteroatoms. The fourth-order valence-electron chi connectivity index (χ4n) is 5.97. The molecule has 0 saturated heterocycles. The minimum absolute atomic E-state index is 0.466. The topological polar surface area (TPSA) is 17.8 Å². The summed E-state index contributed by atoms with van der Waals surface area (Å²) < 4.78 is 4.51. The summed E-state index contributed by atoms with van der Waals surface area (Å²) in [6.45, 7) is 7.06. The van der Waals surface area contributed by atoms with Gasteiger partial charge >= 0.3 is 242 Å². The molecule has 2 nitrogen and oxygen atoms in total. The zero-order valence-electron chi connectivity index (χ0n) is 23.6. The van der Waals surface area contributed by atoms with Gasteiger partial charge in [-0.25, -0.2) is 0 Å². The normalized spacial score (nSPS) is 12.1. The van der Waals surface area contributed by atoms with Crippen LogP contribution in [0.2, 0.25) is 3.43 Å². The predicted molar refractivity (Wildman–Crippen MR) is 163 cm³/mol. The molecule has 0 N–H and O–H groups in total. The number of unbranched alkanes of at least 4 members (excludes halogenated alkanes) is 3. The first kappa shape index (κ1) is 28.7. The third-order valence-corrected chi connectivity index (χ3v) is 13.4. The average molecular weight is 611 g/mol. The van der Waals surface area contributed by atoms with E-state index in [1.807, 2.05) is 12.5 Å². The fourth-order valence-corrected chi connectivity index (χ4v) is 11.3. The molecule has 4 rings (SSSR count). The Labute approximate surface area is 241 Å². The number of hydrogen-bond donors (Lipinski definition) is 0. The maximum atomic E-state index is 4.49. The Morgan fingerprint density at radius 3 is 1.53 bits per heavy atom. The Morgan fingerprint density at radius 1 is 0.632 bits per heavy atom. The van der Waals surface area contributed by atoms with Crippen LogP contribution >= 0.6 is 0 Å². The van der Waals surface area contributed by atoms with E-state index in [1.54, 1.807) is 3.58 Å². The standard InChI is InChI=1S/C22H17N2.C13H27.Sn/c1-4-10-19(11-5-1)22(24-17-16-23-18-24,20-12-6-2-7-13-20)21-14-8-3-9-15-21;1-4-7-10-13(11-8-5-2)12-9-6-3;/h1-2,4-18H;4-12H2,1-3H3;.